The SMILES string of the molecule is CC(=O)OCC(=O)[C@H]1CC[C@H]2[C@@H]3CC[C@H]4C[C@@H](OC(C)=O)CC[C@]4(C)[C@H]3[C@@H](O)C[C@]12C. The number of aliphatic hydroxyl groups is 1. The fraction of sp³-hybridized carbons (Fsp3) is 0.880. The Morgan fingerprint density at radius 1 is 0.968 bits per heavy atom. The van der Waals surface area contributed by atoms with Gasteiger partial charge in [-0.1, -0.05) is 13.8 Å². The number of carbonyl (C=O) groups is 3. The monoisotopic (exact) mass is 434 g/mol. The highest BCUT2D eigenvalue weighted by atomic mass is 16.5. The van der Waals surface area contributed by atoms with Gasteiger partial charge < -0.3 is 14.6 Å². The van der Waals surface area contributed by atoms with Crippen LogP contribution < -0.4 is 0 Å². The summed E-state index contributed by atoms with van der Waals surface area (Å²) in [4.78, 5) is 35.5. The Kier molecular flexibility index (Phi) is 5.99. The molecule has 4 saturated carbocycles. The second-order valence-electron chi connectivity index (χ2n) is 11.2. The molecule has 6 nitrogen and oxygen atoms in total. The third-order valence-corrected chi connectivity index (χ3v) is 9.68. The van der Waals surface area contributed by atoms with E-state index in [2.05, 4.69) is 13.8 Å². The van der Waals surface area contributed by atoms with Gasteiger partial charge in [-0.3, -0.25) is 14.4 Å². The molecule has 4 fully saturated rings. The molecule has 1 N–H and O–H groups in total. The molecule has 31 heavy (non-hydrogen) atoms. The Hall–Kier alpha value is -1.43. The normalized spacial score (nSPS) is 46.3. The van der Waals surface area contributed by atoms with Crippen LogP contribution in [0.5, 0.6) is 0 Å². The minimum atomic E-state index is -0.425. The molecule has 0 radical (unpaired) electrons. The molecular weight excluding hydrogens is 396 g/mol. The highest BCUT2D eigenvalue weighted by Gasteiger charge is 2.64. The van der Waals surface area contributed by atoms with Crippen molar-refractivity contribution in [1.29, 1.82) is 0 Å². The van der Waals surface area contributed by atoms with Crippen LogP contribution in [-0.4, -0.2) is 41.6 Å². The van der Waals surface area contributed by atoms with Crippen LogP contribution in [0, 0.1) is 40.4 Å². The first-order valence-corrected chi connectivity index (χ1v) is 12.1. The Bertz CT molecular complexity index is 748. The average Bonchev–Trinajstić information content (AvgIpc) is 3.02. The summed E-state index contributed by atoms with van der Waals surface area (Å²) in [6.45, 7) is 7.20. The van der Waals surface area contributed by atoms with Crippen LogP contribution in [0.3, 0.4) is 0 Å². The van der Waals surface area contributed by atoms with Gasteiger partial charge in [0.15, 0.2) is 5.78 Å². The maximum absolute atomic E-state index is 12.9. The number of ether oxygens (including phenoxy) is 2. The van der Waals surface area contributed by atoms with Gasteiger partial charge in [0.05, 0.1) is 6.10 Å². The van der Waals surface area contributed by atoms with E-state index in [1.807, 2.05) is 0 Å². The minimum Gasteiger partial charge on any atom is -0.463 e. The van der Waals surface area contributed by atoms with E-state index in [-0.39, 0.29) is 47.1 Å². The van der Waals surface area contributed by atoms with Crippen LogP contribution in [0.1, 0.15) is 79.1 Å². The van der Waals surface area contributed by atoms with Crippen molar-refractivity contribution in [1.82, 2.24) is 0 Å². The standard InChI is InChI=1S/C25H38O6/c1-14(26)30-13-22(29)20-8-7-19-18-6-5-16-11-17(31-15(2)27)9-10-24(16,3)23(18)21(28)12-25(19,20)4/h16-21,23,28H,5-13H2,1-4H3/t16-,17-,18-,19-,20+,21-,23+,24-,25-/m0/s1. The summed E-state index contributed by atoms with van der Waals surface area (Å²) in [6, 6.07) is 0. The zero-order valence-electron chi connectivity index (χ0n) is 19.4. The quantitative estimate of drug-likeness (QED) is 0.679. The number of hydrogen-bond donors (Lipinski definition) is 1. The van der Waals surface area contributed by atoms with E-state index in [0.717, 1.165) is 44.9 Å². The summed E-state index contributed by atoms with van der Waals surface area (Å²) in [5.74, 6) is 0.797. The second kappa shape index (κ2) is 8.17. The maximum Gasteiger partial charge on any atom is 0.303 e. The van der Waals surface area contributed by atoms with Gasteiger partial charge in [0.1, 0.15) is 12.7 Å². The van der Waals surface area contributed by atoms with Crippen molar-refractivity contribution in [3.63, 3.8) is 0 Å². The number of ketones is 1. The first kappa shape index (κ1) is 22.8. The Labute approximate surface area is 185 Å². The number of carbonyl (C=O) groups excluding carboxylic acids is 3. The summed E-state index contributed by atoms with van der Waals surface area (Å²) in [5.41, 5.74) is -0.171. The lowest BCUT2D eigenvalue weighted by atomic mass is 9.44. The molecule has 4 rings (SSSR count). The van der Waals surface area contributed by atoms with Crippen molar-refractivity contribution in [2.45, 2.75) is 91.3 Å². The third kappa shape index (κ3) is 3.83. The van der Waals surface area contributed by atoms with Gasteiger partial charge in [-0.2, -0.15) is 0 Å². The van der Waals surface area contributed by atoms with Crippen LogP contribution in [0.4, 0.5) is 0 Å². The molecule has 0 amide bonds. The largest absolute Gasteiger partial charge is 0.463 e. The number of esters is 2. The van der Waals surface area contributed by atoms with Crippen molar-refractivity contribution in [2.75, 3.05) is 6.61 Å². The van der Waals surface area contributed by atoms with Gasteiger partial charge in [-0.05, 0) is 85.9 Å². The molecule has 0 heterocycles. The van der Waals surface area contributed by atoms with E-state index in [4.69, 9.17) is 9.47 Å². The summed E-state index contributed by atoms with van der Waals surface area (Å²) in [7, 11) is 0. The summed E-state index contributed by atoms with van der Waals surface area (Å²) in [5, 5.41) is 11.5. The Balaban J connectivity index is 1.53. The fourth-order valence-electron chi connectivity index (χ4n) is 8.49. The predicted octanol–water partition coefficient (Wildman–Crippen LogP) is 3.68. The maximum atomic E-state index is 12.9. The number of aliphatic hydroxyl groups excluding tert-OH is 1. The minimum absolute atomic E-state index is 0.00707. The number of fused-ring (bicyclic) bond motifs is 5. The summed E-state index contributed by atoms with van der Waals surface area (Å²) in [6.07, 6.45) is 6.98. The molecule has 4 aliphatic carbocycles. The highest BCUT2D eigenvalue weighted by molar-refractivity contribution is 5.85. The van der Waals surface area contributed by atoms with Gasteiger partial charge in [-0.25, -0.2) is 0 Å². The number of rotatable bonds is 4. The third-order valence-electron chi connectivity index (χ3n) is 9.68. The number of Topliss-reactive ketones (excluding diaryl/α,β-unsaturated/α-hetero) is 1. The first-order valence-electron chi connectivity index (χ1n) is 12.1. The van der Waals surface area contributed by atoms with Crippen LogP contribution in [-0.2, 0) is 23.9 Å². The molecule has 0 aromatic heterocycles. The molecule has 174 valence electrons. The molecule has 0 spiro atoms. The highest BCUT2D eigenvalue weighted by Crippen LogP contribution is 2.67. The zero-order chi connectivity index (χ0) is 22.6. The lowest BCUT2D eigenvalue weighted by molar-refractivity contribution is -0.185. The van der Waals surface area contributed by atoms with Crippen molar-refractivity contribution >= 4 is 17.7 Å². The van der Waals surface area contributed by atoms with Gasteiger partial charge in [0, 0.05) is 19.8 Å². The molecule has 0 aliphatic heterocycles. The second-order valence-corrected chi connectivity index (χ2v) is 11.2. The molecule has 0 unspecified atom stereocenters. The van der Waals surface area contributed by atoms with E-state index >= 15 is 0 Å². The molecule has 0 aromatic rings. The fourth-order valence-corrected chi connectivity index (χ4v) is 8.49. The van der Waals surface area contributed by atoms with Crippen LogP contribution >= 0.6 is 0 Å². The van der Waals surface area contributed by atoms with Crippen LogP contribution in [0.2, 0.25) is 0 Å². The zero-order valence-corrected chi connectivity index (χ0v) is 19.4. The molecule has 0 saturated heterocycles. The number of hydrogen-bond acceptors (Lipinski definition) is 6. The van der Waals surface area contributed by atoms with Crippen LogP contribution in [0.25, 0.3) is 0 Å². The molecule has 4 aliphatic rings. The summed E-state index contributed by atoms with van der Waals surface area (Å²) < 4.78 is 10.6. The molecule has 0 bridgehead atoms. The van der Waals surface area contributed by atoms with Gasteiger partial charge in [0.2, 0.25) is 0 Å². The van der Waals surface area contributed by atoms with Gasteiger partial charge >= 0.3 is 11.9 Å². The molecule has 9 atom stereocenters. The molecule has 0 aromatic carbocycles. The van der Waals surface area contributed by atoms with Crippen molar-refractivity contribution in [2.24, 2.45) is 40.4 Å². The van der Waals surface area contributed by atoms with Gasteiger partial charge in [0.25, 0.3) is 0 Å². The van der Waals surface area contributed by atoms with E-state index in [0.29, 0.717) is 24.2 Å². The van der Waals surface area contributed by atoms with E-state index in [1.54, 1.807) is 0 Å². The summed E-state index contributed by atoms with van der Waals surface area (Å²) >= 11 is 0. The lowest BCUT2D eigenvalue weighted by Gasteiger charge is -2.62. The van der Waals surface area contributed by atoms with Crippen LogP contribution in [0.15, 0.2) is 0 Å². The topological polar surface area (TPSA) is 89.9 Å². The van der Waals surface area contributed by atoms with E-state index in [9.17, 15) is 19.5 Å². The smallest absolute Gasteiger partial charge is 0.303 e. The molecule has 6 heteroatoms. The predicted molar refractivity (Wildman–Crippen MR) is 114 cm³/mol. The van der Waals surface area contributed by atoms with Crippen molar-refractivity contribution in [3.05, 3.63) is 0 Å². The van der Waals surface area contributed by atoms with E-state index < -0.39 is 12.1 Å². The van der Waals surface area contributed by atoms with Crippen molar-refractivity contribution in [3.8, 4) is 0 Å². The Morgan fingerprint density at radius 3 is 2.39 bits per heavy atom. The van der Waals surface area contributed by atoms with Gasteiger partial charge in [-0.15, -0.1) is 0 Å². The average molecular weight is 435 g/mol. The Morgan fingerprint density at radius 2 is 1.71 bits per heavy atom. The van der Waals surface area contributed by atoms with E-state index in [1.165, 1.54) is 13.8 Å². The molecular formula is C25H38O6. The van der Waals surface area contributed by atoms with Crippen molar-refractivity contribution < 1.29 is 29.0 Å². The lowest BCUT2D eigenvalue weighted by Crippen LogP contribution is -2.59. The first-order chi connectivity index (χ1) is 14.6.